The maximum absolute atomic E-state index is 6.11. The average molecular weight is 326 g/mol. The molecule has 0 spiro atoms. The first kappa shape index (κ1) is 15.0. The van der Waals surface area contributed by atoms with Crippen LogP contribution in [0.25, 0.3) is 10.2 Å². The number of aromatic nitrogens is 2. The normalized spacial score (nSPS) is 16.8. The molecule has 4 nitrogen and oxygen atoms in total. The minimum absolute atomic E-state index is 0.342. The van der Waals surface area contributed by atoms with Crippen LogP contribution in [-0.2, 0) is 11.2 Å². The standard InChI is InChI=1S/C15H20ClN3OS/c1-3-11-9-12-13(17-15(16)18-14(12)21-11)19-7-5-10(6-8-19)20-4-2/h9-10H,3-8H2,1-2H3. The predicted molar refractivity (Wildman–Crippen MR) is 88.7 cm³/mol. The van der Waals surface area contributed by atoms with E-state index in [2.05, 4.69) is 34.8 Å². The molecule has 1 aliphatic rings. The molecular weight excluding hydrogens is 306 g/mol. The molecule has 1 aliphatic heterocycles. The first-order chi connectivity index (χ1) is 10.2. The first-order valence-corrected chi connectivity index (χ1v) is 8.73. The van der Waals surface area contributed by atoms with Gasteiger partial charge in [-0.15, -0.1) is 11.3 Å². The molecule has 3 heterocycles. The van der Waals surface area contributed by atoms with E-state index < -0.39 is 0 Å². The van der Waals surface area contributed by atoms with Gasteiger partial charge in [0.2, 0.25) is 5.28 Å². The number of thiophene rings is 1. The highest BCUT2D eigenvalue weighted by Crippen LogP contribution is 2.33. The number of fused-ring (bicyclic) bond motifs is 1. The van der Waals surface area contributed by atoms with Crippen LogP contribution in [0.15, 0.2) is 6.07 Å². The van der Waals surface area contributed by atoms with Crippen molar-refractivity contribution in [1.82, 2.24) is 9.97 Å². The quantitative estimate of drug-likeness (QED) is 0.799. The van der Waals surface area contributed by atoms with Crippen molar-refractivity contribution in [3.8, 4) is 0 Å². The van der Waals surface area contributed by atoms with E-state index in [1.807, 2.05) is 0 Å². The second kappa shape index (κ2) is 6.46. The number of anilines is 1. The number of nitrogens with zero attached hydrogens (tertiary/aromatic N) is 3. The summed E-state index contributed by atoms with van der Waals surface area (Å²) in [7, 11) is 0. The van der Waals surface area contributed by atoms with Crippen LogP contribution < -0.4 is 4.90 Å². The summed E-state index contributed by atoms with van der Waals surface area (Å²) < 4.78 is 5.72. The molecule has 0 radical (unpaired) electrons. The van der Waals surface area contributed by atoms with Gasteiger partial charge in [0.25, 0.3) is 0 Å². The Balaban J connectivity index is 1.88. The molecule has 2 aromatic heterocycles. The molecule has 0 aliphatic carbocycles. The van der Waals surface area contributed by atoms with Gasteiger partial charge in [-0.2, -0.15) is 4.98 Å². The number of aryl methyl sites for hydroxylation is 1. The molecule has 6 heteroatoms. The molecule has 2 aromatic rings. The van der Waals surface area contributed by atoms with Crippen LogP contribution in [0.2, 0.25) is 5.28 Å². The number of piperidine rings is 1. The van der Waals surface area contributed by atoms with Crippen molar-refractivity contribution in [3.05, 3.63) is 16.2 Å². The minimum Gasteiger partial charge on any atom is -0.378 e. The van der Waals surface area contributed by atoms with Crippen LogP contribution in [0.4, 0.5) is 5.82 Å². The molecule has 0 saturated carbocycles. The van der Waals surface area contributed by atoms with Crippen molar-refractivity contribution in [2.75, 3.05) is 24.6 Å². The van der Waals surface area contributed by atoms with E-state index in [0.717, 1.165) is 55.0 Å². The van der Waals surface area contributed by atoms with Gasteiger partial charge in [0, 0.05) is 24.6 Å². The van der Waals surface area contributed by atoms with E-state index in [4.69, 9.17) is 16.3 Å². The molecule has 1 saturated heterocycles. The third-order valence-electron chi connectivity index (χ3n) is 3.89. The Labute approximate surface area is 134 Å². The fourth-order valence-corrected chi connectivity index (χ4v) is 3.99. The van der Waals surface area contributed by atoms with Gasteiger partial charge in [-0.25, -0.2) is 4.98 Å². The minimum atomic E-state index is 0.342. The summed E-state index contributed by atoms with van der Waals surface area (Å²) in [5.41, 5.74) is 0. The molecule has 0 N–H and O–H groups in total. The number of hydrogen-bond acceptors (Lipinski definition) is 5. The summed E-state index contributed by atoms with van der Waals surface area (Å²) in [6.07, 6.45) is 3.49. The number of ether oxygens (including phenoxy) is 1. The van der Waals surface area contributed by atoms with Crippen molar-refractivity contribution in [3.63, 3.8) is 0 Å². The van der Waals surface area contributed by atoms with Crippen molar-refractivity contribution in [2.45, 2.75) is 39.2 Å². The molecule has 0 atom stereocenters. The van der Waals surface area contributed by atoms with Crippen molar-refractivity contribution >= 4 is 39.0 Å². The molecule has 0 aromatic carbocycles. The Morgan fingerprint density at radius 2 is 2.10 bits per heavy atom. The predicted octanol–water partition coefficient (Wildman–Crippen LogP) is 3.91. The van der Waals surface area contributed by atoms with Gasteiger partial charge in [0.1, 0.15) is 10.6 Å². The van der Waals surface area contributed by atoms with Gasteiger partial charge >= 0.3 is 0 Å². The maximum atomic E-state index is 6.11. The third-order valence-corrected chi connectivity index (χ3v) is 5.23. The zero-order chi connectivity index (χ0) is 14.8. The molecular formula is C15H20ClN3OS. The maximum Gasteiger partial charge on any atom is 0.225 e. The highest BCUT2D eigenvalue weighted by molar-refractivity contribution is 7.18. The van der Waals surface area contributed by atoms with E-state index in [9.17, 15) is 0 Å². The summed E-state index contributed by atoms with van der Waals surface area (Å²) in [4.78, 5) is 13.5. The lowest BCUT2D eigenvalue weighted by molar-refractivity contribution is 0.0459. The summed E-state index contributed by atoms with van der Waals surface area (Å²) in [5.74, 6) is 0.982. The van der Waals surface area contributed by atoms with Crippen LogP contribution in [0.1, 0.15) is 31.6 Å². The molecule has 0 bridgehead atoms. The Kier molecular flexibility index (Phi) is 4.62. The highest BCUT2D eigenvalue weighted by atomic mass is 35.5. The monoisotopic (exact) mass is 325 g/mol. The van der Waals surface area contributed by atoms with Gasteiger partial charge < -0.3 is 9.64 Å². The molecule has 3 rings (SSSR count). The second-order valence-corrected chi connectivity index (χ2v) is 6.70. The van der Waals surface area contributed by atoms with E-state index in [1.165, 1.54) is 4.88 Å². The van der Waals surface area contributed by atoms with Crippen LogP contribution in [0.5, 0.6) is 0 Å². The number of rotatable bonds is 4. The molecule has 1 fully saturated rings. The van der Waals surface area contributed by atoms with E-state index in [1.54, 1.807) is 11.3 Å². The first-order valence-electron chi connectivity index (χ1n) is 7.53. The lowest BCUT2D eigenvalue weighted by Crippen LogP contribution is -2.37. The second-order valence-electron chi connectivity index (χ2n) is 5.24. The van der Waals surface area contributed by atoms with Crippen LogP contribution >= 0.6 is 22.9 Å². The largest absolute Gasteiger partial charge is 0.378 e. The van der Waals surface area contributed by atoms with Crippen LogP contribution in [-0.4, -0.2) is 35.8 Å². The Hall–Kier alpha value is -0.910. The van der Waals surface area contributed by atoms with Gasteiger partial charge in [0.15, 0.2) is 0 Å². The Bertz CT molecular complexity index is 623. The van der Waals surface area contributed by atoms with Gasteiger partial charge in [-0.3, -0.25) is 0 Å². The van der Waals surface area contributed by atoms with Gasteiger partial charge in [-0.1, -0.05) is 6.92 Å². The number of hydrogen-bond donors (Lipinski definition) is 0. The van der Waals surface area contributed by atoms with Crippen LogP contribution in [0, 0.1) is 0 Å². The molecule has 114 valence electrons. The van der Waals surface area contributed by atoms with Crippen LogP contribution in [0.3, 0.4) is 0 Å². The highest BCUT2D eigenvalue weighted by Gasteiger charge is 2.23. The number of halogens is 1. The smallest absolute Gasteiger partial charge is 0.225 e. The van der Waals surface area contributed by atoms with Crippen molar-refractivity contribution in [2.24, 2.45) is 0 Å². The van der Waals surface area contributed by atoms with E-state index in [0.29, 0.717) is 11.4 Å². The zero-order valence-corrected chi connectivity index (χ0v) is 14.0. The molecule has 21 heavy (non-hydrogen) atoms. The van der Waals surface area contributed by atoms with Gasteiger partial charge in [-0.05, 0) is 43.9 Å². The lowest BCUT2D eigenvalue weighted by atomic mass is 10.1. The van der Waals surface area contributed by atoms with Crippen molar-refractivity contribution < 1.29 is 4.74 Å². The average Bonchev–Trinajstić information content (AvgIpc) is 2.90. The Morgan fingerprint density at radius 1 is 1.33 bits per heavy atom. The fraction of sp³-hybridized carbons (Fsp3) is 0.600. The summed E-state index contributed by atoms with van der Waals surface area (Å²) in [6, 6.07) is 2.21. The SMILES string of the molecule is CCOC1CCN(c2nc(Cl)nc3sc(CC)cc23)CC1. The van der Waals surface area contributed by atoms with Crippen molar-refractivity contribution in [1.29, 1.82) is 0 Å². The summed E-state index contributed by atoms with van der Waals surface area (Å²) in [6.45, 7) is 6.93. The van der Waals surface area contributed by atoms with E-state index in [-0.39, 0.29) is 0 Å². The lowest BCUT2D eigenvalue weighted by Gasteiger charge is -2.32. The topological polar surface area (TPSA) is 38.2 Å². The summed E-state index contributed by atoms with van der Waals surface area (Å²) >= 11 is 7.82. The molecule has 0 amide bonds. The Morgan fingerprint density at radius 3 is 2.76 bits per heavy atom. The third kappa shape index (κ3) is 3.15. The zero-order valence-electron chi connectivity index (χ0n) is 12.4. The molecule has 0 unspecified atom stereocenters. The van der Waals surface area contributed by atoms with Gasteiger partial charge in [0.05, 0.1) is 11.5 Å². The van der Waals surface area contributed by atoms with E-state index >= 15 is 0 Å². The fourth-order valence-electron chi connectivity index (χ4n) is 2.82. The summed E-state index contributed by atoms with van der Waals surface area (Å²) in [5, 5.41) is 1.48.